The van der Waals surface area contributed by atoms with Crippen LogP contribution < -0.4 is 5.43 Å². The molecule has 0 aliphatic carbocycles. The fraction of sp³-hybridized carbons (Fsp3) is 0. The molecule has 17 heavy (non-hydrogen) atoms. The molecule has 0 saturated heterocycles. The molecular formula is C12H9IN2OS. The van der Waals surface area contributed by atoms with Gasteiger partial charge in [0, 0.05) is 8.45 Å². The lowest BCUT2D eigenvalue weighted by Crippen LogP contribution is -1.88. The number of hydrogen-bond acceptors (Lipinski definition) is 4. The number of halogens is 1. The quantitative estimate of drug-likeness (QED) is 0.394. The number of rotatable bonds is 4. The molecular weight excluding hydrogens is 347 g/mol. The Bertz CT molecular complexity index is 534. The summed E-state index contributed by atoms with van der Waals surface area (Å²) in [6.45, 7) is 0. The number of carbonyl (C=O) groups excluding carboxylic acids is 1. The minimum atomic E-state index is 0.709. The Morgan fingerprint density at radius 1 is 1.12 bits per heavy atom. The van der Waals surface area contributed by atoms with Crippen molar-refractivity contribution < 1.29 is 4.79 Å². The minimum Gasteiger partial charge on any atom is -0.297 e. The van der Waals surface area contributed by atoms with Crippen LogP contribution in [-0.2, 0) is 0 Å². The van der Waals surface area contributed by atoms with Gasteiger partial charge in [0.15, 0.2) is 6.29 Å². The zero-order valence-corrected chi connectivity index (χ0v) is 11.7. The molecule has 0 aliphatic heterocycles. The maximum absolute atomic E-state index is 10.5. The highest BCUT2D eigenvalue weighted by atomic mass is 127. The Labute approximate surface area is 117 Å². The fourth-order valence-corrected chi connectivity index (χ4v) is 2.25. The van der Waals surface area contributed by atoms with Crippen LogP contribution in [0, 0.1) is 3.57 Å². The van der Waals surface area contributed by atoms with Gasteiger partial charge >= 0.3 is 0 Å². The van der Waals surface area contributed by atoms with Crippen molar-refractivity contribution in [3.63, 3.8) is 0 Å². The molecule has 1 heterocycles. The van der Waals surface area contributed by atoms with Crippen molar-refractivity contribution in [2.24, 2.45) is 5.10 Å². The molecule has 0 aliphatic rings. The molecule has 0 unspecified atom stereocenters. The summed E-state index contributed by atoms with van der Waals surface area (Å²) in [5.41, 5.74) is 3.87. The minimum absolute atomic E-state index is 0.709. The average molecular weight is 356 g/mol. The van der Waals surface area contributed by atoms with Crippen LogP contribution >= 0.6 is 33.9 Å². The molecule has 0 saturated carbocycles. The van der Waals surface area contributed by atoms with Gasteiger partial charge in [-0.2, -0.15) is 5.10 Å². The molecule has 2 aromatic rings. The summed E-state index contributed by atoms with van der Waals surface area (Å²) in [5.74, 6) is 0. The standard InChI is InChI=1S/C12H9IN2OS/c13-9-1-3-10(4-2-9)15-14-7-11-5-6-12(8-16)17-11/h1-8,15H/b14-7+. The van der Waals surface area contributed by atoms with Crippen LogP contribution in [-0.4, -0.2) is 12.5 Å². The van der Waals surface area contributed by atoms with E-state index in [1.165, 1.54) is 14.9 Å². The van der Waals surface area contributed by atoms with E-state index in [1.54, 1.807) is 12.3 Å². The molecule has 0 amide bonds. The molecule has 1 aromatic heterocycles. The Morgan fingerprint density at radius 3 is 2.47 bits per heavy atom. The van der Waals surface area contributed by atoms with E-state index in [4.69, 9.17) is 0 Å². The lowest BCUT2D eigenvalue weighted by Gasteiger charge is -1.98. The topological polar surface area (TPSA) is 41.5 Å². The van der Waals surface area contributed by atoms with Crippen molar-refractivity contribution in [1.29, 1.82) is 0 Å². The Balaban J connectivity index is 1.97. The van der Waals surface area contributed by atoms with Crippen LogP contribution in [0.3, 0.4) is 0 Å². The second-order valence-electron chi connectivity index (χ2n) is 3.23. The van der Waals surface area contributed by atoms with Gasteiger partial charge in [-0.25, -0.2) is 0 Å². The third-order valence-corrected chi connectivity index (χ3v) is 3.66. The van der Waals surface area contributed by atoms with Crippen LogP contribution in [0.15, 0.2) is 41.5 Å². The van der Waals surface area contributed by atoms with Gasteiger partial charge in [0.05, 0.1) is 16.8 Å². The zero-order valence-electron chi connectivity index (χ0n) is 8.76. The number of anilines is 1. The number of benzene rings is 1. The number of hydrazone groups is 1. The van der Waals surface area contributed by atoms with E-state index in [1.807, 2.05) is 30.3 Å². The van der Waals surface area contributed by atoms with Crippen molar-refractivity contribution in [3.05, 3.63) is 49.7 Å². The molecule has 86 valence electrons. The van der Waals surface area contributed by atoms with Gasteiger partial charge in [0.25, 0.3) is 0 Å². The van der Waals surface area contributed by atoms with Crippen LogP contribution in [0.2, 0.25) is 0 Å². The van der Waals surface area contributed by atoms with Crippen molar-refractivity contribution in [3.8, 4) is 0 Å². The lowest BCUT2D eigenvalue weighted by atomic mass is 10.3. The largest absolute Gasteiger partial charge is 0.297 e. The van der Waals surface area contributed by atoms with Crippen LogP contribution in [0.25, 0.3) is 0 Å². The maximum atomic E-state index is 10.5. The first kappa shape index (κ1) is 12.3. The molecule has 3 nitrogen and oxygen atoms in total. The SMILES string of the molecule is O=Cc1ccc(/C=N/Nc2ccc(I)cc2)s1. The average Bonchev–Trinajstić information content (AvgIpc) is 2.80. The predicted molar refractivity (Wildman–Crippen MR) is 80.1 cm³/mol. The summed E-state index contributed by atoms with van der Waals surface area (Å²) in [6.07, 6.45) is 2.55. The summed E-state index contributed by atoms with van der Waals surface area (Å²) in [6, 6.07) is 11.6. The molecule has 0 spiro atoms. The van der Waals surface area contributed by atoms with Crippen molar-refractivity contribution in [2.75, 3.05) is 5.43 Å². The van der Waals surface area contributed by atoms with Gasteiger partial charge in [-0.1, -0.05) is 0 Å². The summed E-state index contributed by atoms with van der Waals surface area (Å²) >= 11 is 3.66. The number of carbonyl (C=O) groups is 1. The van der Waals surface area contributed by atoms with E-state index in [2.05, 4.69) is 33.1 Å². The first-order chi connectivity index (χ1) is 8.28. The molecule has 0 bridgehead atoms. The molecule has 1 N–H and O–H groups in total. The van der Waals surface area contributed by atoms with E-state index in [0.717, 1.165) is 16.9 Å². The van der Waals surface area contributed by atoms with Crippen LogP contribution in [0.1, 0.15) is 14.5 Å². The van der Waals surface area contributed by atoms with Gasteiger partial charge < -0.3 is 0 Å². The Morgan fingerprint density at radius 2 is 1.82 bits per heavy atom. The van der Waals surface area contributed by atoms with Crippen LogP contribution in [0.5, 0.6) is 0 Å². The number of nitrogens with one attached hydrogen (secondary N) is 1. The fourth-order valence-electron chi connectivity index (χ4n) is 1.20. The second-order valence-corrected chi connectivity index (χ2v) is 5.63. The molecule has 1 aromatic carbocycles. The molecule has 0 atom stereocenters. The maximum Gasteiger partial charge on any atom is 0.160 e. The smallest absolute Gasteiger partial charge is 0.160 e. The summed E-state index contributed by atoms with van der Waals surface area (Å²) in [4.78, 5) is 12.2. The van der Waals surface area contributed by atoms with Gasteiger partial charge in [0.1, 0.15) is 0 Å². The van der Waals surface area contributed by atoms with Gasteiger partial charge in [0.2, 0.25) is 0 Å². The van der Waals surface area contributed by atoms with E-state index in [-0.39, 0.29) is 0 Å². The van der Waals surface area contributed by atoms with Crippen molar-refractivity contribution in [1.82, 2.24) is 0 Å². The third kappa shape index (κ3) is 3.64. The van der Waals surface area contributed by atoms with Crippen molar-refractivity contribution in [2.45, 2.75) is 0 Å². The monoisotopic (exact) mass is 356 g/mol. The van der Waals surface area contributed by atoms with E-state index in [0.29, 0.717) is 4.88 Å². The molecule has 2 rings (SSSR count). The lowest BCUT2D eigenvalue weighted by molar-refractivity contribution is 0.112. The molecule has 0 fully saturated rings. The first-order valence-electron chi connectivity index (χ1n) is 4.87. The second kappa shape index (κ2) is 5.92. The Kier molecular flexibility index (Phi) is 4.27. The summed E-state index contributed by atoms with van der Waals surface area (Å²) in [5, 5.41) is 4.11. The highest BCUT2D eigenvalue weighted by molar-refractivity contribution is 14.1. The van der Waals surface area contributed by atoms with E-state index in [9.17, 15) is 4.79 Å². The normalized spacial score (nSPS) is 10.6. The number of nitrogens with zero attached hydrogens (tertiary/aromatic N) is 1. The molecule has 0 radical (unpaired) electrons. The van der Waals surface area contributed by atoms with Gasteiger partial charge in [-0.3, -0.25) is 10.2 Å². The third-order valence-electron chi connectivity index (χ3n) is 1.99. The van der Waals surface area contributed by atoms with Gasteiger partial charge in [-0.15, -0.1) is 11.3 Å². The highest BCUT2D eigenvalue weighted by Crippen LogP contribution is 2.13. The number of hydrogen-bond donors (Lipinski definition) is 1. The van der Waals surface area contributed by atoms with Crippen molar-refractivity contribution >= 4 is 52.1 Å². The zero-order chi connectivity index (χ0) is 12.1. The number of aldehydes is 1. The highest BCUT2D eigenvalue weighted by Gasteiger charge is 1.95. The van der Waals surface area contributed by atoms with Gasteiger partial charge in [-0.05, 0) is 59.0 Å². The first-order valence-corrected chi connectivity index (χ1v) is 6.77. The van der Waals surface area contributed by atoms with Crippen LogP contribution in [0.4, 0.5) is 5.69 Å². The predicted octanol–water partition coefficient (Wildman–Crippen LogP) is 3.61. The Hall–Kier alpha value is -1.21. The molecule has 5 heteroatoms. The van der Waals surface area contributed by atoms with E-state index >= 15 is 0 Å². The van der Waals surface area contributed by atoms with E-state index < -0.39 is 0 Å². The number of thiophene rings is 1. The summed E-state index contributed by atoms with van der Waals surface area (Å²) < 4.78 is 1.19. The summed E-state index contributed by atoms with van der Waals surface area (Å²) in [7, 11) is 0.